The Hall–Kier alpha value is -0.940. The van der Waals surface area contributed by atoms with Crippen LogP contribution in [0.4, 0.5) is 0 Å². The van der Waals surface area contributed by atoms with Gasteiger partial charge in [0, 0.05) is 11.5 Å². The number of hydrogen-bond donors (Lipinski definition) is 1. The van der Waals surface area contributed by atoms with Crippen molar-refractivity contribution in [3.8, 4) is 0 Å². The second-order valence-electron chi connectivity index (χ2n) is 6.74. The van der Waals surface area contributed by atoms with Gasteiger partial charge in [-0.1, -0.05) is 25.9 Å². The molecule has 0 bridgehead atoms. The molecule has 1 aromatic rings. The molecule has 2 rings (SSSR count). The zero-order valence-corrected chi connectivity index (χ0v) is 12.5. The second-order valence-corrected chi connectivity index (χ2v) is 6.74. The maximum Gasteiger partial charge on any atom is 0.232 e. The minimum absolute atomic E-state index is 0.0762. The van der Waals surface area contributed by atoms with Gasteiger partial charge in [0.05, 0.1) is 6.54 Å². The predicted octanol–water partition coefficient (Wildman–Crippen LogP) is 1.93. The van der Waals surface area contributed by atoms with Gasteiger partial charge in [0.2, 0.25) is 5.89 Å². The Kier molecular flexibility index (Phi) is 4.26. The first-order valence-corrected chi connectivity index (χ1v) is 7.17. The largest absolute Gasteiger partial charge is 0.339 e. The summed E-state index contributed by atoms with van der Waals surface area (Å²) in [6.45, 7) is 11.3. The van der Waals surface area contributed by atoms with Crippen LogP contribution in [0.15, 0.2) is 4.52 Å². The fraction of sp³-hybridized carbons (Fsp3) is 0.857. The summed E-state index contributed by atoms with van der Waals surface area (Å²) < 4.78 is 5.32. The molecule has 108 valence electrons. The molecule has 5 nitrogen and oxygen atoms in total. The van der Waals surface area contributed by atoms with Gasteiger partial charge in [-0.3, -0.25) is 4.90 Å². The third-order valence-electron chi connectivity index (χ3n) is 3.85. The summed E-state index contributed by atoms with van der Waals surface area (Å²) in [5, 5.41) is 4.08. The van der Waals surface area contributed by atoms with Crippen molar-refractivity contribution in [1.82, 2.24) is 15.0 Å². The highest BCUT2D eigenvalue weighted by Crippen LogP contribution is 2.22. The Morgan fingerprint density at radius 1 is 1.37 bits per heavy atom. The van der Waals surface area contributed by atoms with Crippen LogP contribution in [0.2, 0.25) is 0 Å². The van der Waals surface area contributed by atoms with Crippen LogP contribution in [-0.2, 0) is 12.0 Å². The third kappa shape index (κ3) is 3.76. The SMILES string of the molecule is CC(N)C1CCN(Cc2noc(C(C)(C)C)n2)CC1. The van der Waals surface area contributed by atoms with Crippen LogP contribution in [0.5, 0.6) is 0 Å². The summed E-state index contributed by atoms with van der Waals surface area (Å²) in [5.74, 6) is 2.17. The van der Waals surface area contributed by atoms with Crippen LogP contribution in [-0.4, -0.2) is 34.2 Å². The molecular formula is C14H26N4O. The van der Waals surface area contributed by atoms with E-state index in [1.54, 1.807) is 0 Å². The lowest BCUT2D eigenvalue weighted by Crippen LogP contribution is -2.39. The van der Waals surface area contributed by atoms with E-state index >= 15 is 0 Å². The molecule has 2 N–H and O–H groups in total. The van der Waals surface area contributed by atoms with Crippen LogP contribution in [0.1, 0.15) is 52.3 Å². The zero-order chi connectivity index (χ0) is 14.0. The van der Waals surface area contributed by atoms with Crippen molar-refractivity contribution in [2.75, 3.05) is 13.1 Å². The summed E-state index contributed by atoms with van der Waals surface area (Å²) in [7, 11) is 0. The number of rotatable bonds is 3. The van der Waals surface area contributed by atoms with Crippen molar-refractivity contribution < 1.29 is 4.52 Å². The topological polar surface area (TPSA) is 68.2 Å². The van der Waals surface area contributed by atoms with Crippen LogP contribution in [0.25, 0.3) is 0 Å². The van der Waals surface area contributed by atoms with Gasteiger partial charge >= 0.3 is 0 Å². The molecule has 2 heterocycles. The van der Waals surface area contributed by atoms with E-state index in [9.17, 15) is 0 Å². The van der Waals surface area contributed by atoms with E-state index in [2.05, 4.69) is 42.7 Å². The number of nitrogens with zero attached hydrogens (tertiary/aromatic N) is 3. The molecule has 0 saturated carbocycles. The second kappa shape index (κ2) is 5.59. The molecule has 19 heavy (non-hydrogen) atoms. The average molecular weight is 266 g/mol. The normalized spacial score (nSPS) is 20.7. The van der Waals surface area contributed by atoms with E-state index in [0.717, 1.165) is 25.5 Å². The van der Waals surface area contributed by atoms with Crippen molar-refractivity contribution in [1.29, 1.82) is 0 Å². The number of aromatic nitrogens is 2. The average Bonchev–Trinajstić information content (AvgIpc) is 2.78. The van der Waals surface area contributed by atoms with Crippen molar-refractivity contribution in [2.45, 2.75) is 58.5 Å². The van der Waals surface area contributed by atoms with Crippen LogP contribution < -0.4 is 5.73 Å². The fourth-order valence-electron chi connectivity index (χ4n) is 2.46. The molecule has 0 aliphatic carbocycles. The quantitative estimate of drug-likeness (QED) is 0.905. The zero-order valence-electron chi connectivity index (χ0n) is 12.5. The molecule has 1 fully saturated rings. The van der Waals surface area contributed by atoms with Gasteiger partial charge in [0.1, 0.15) is 0 Å². The Balaban J connectivity index is 1.87. The van der Waals surface area contributed by atoms with Gasteiger partial charge in [0.25, 0.3) is 0 Å². The minimum Gasteiger partial charge on any atom is -0.339 e. The van der Waals surface area contributed by atoms with E-state index in [0.29, 0.717) is 17.9 Å². The molecule has 5 heteroatoms. The van der Waals surface area contributed by atoms with Gasteiger partial charge < -0.3 is 10.3 Å². The Labute approximate surface area is 115 Å². The fourth-order valence-corrected chi connectivity index (χ4v) is 2.46. The first-order chi connectivity index (χ1) is 8.86. The molecule has 1 aliphatic heterocycles. The van der Waals surface area contributed by atoms with E-state index < -0.39 is 0 Å². The van der Waals surface area contributed by atoms with E-state index in [-0.39, 0.29) is 5.41 Å². The molecule has 1 saturated heterocycles. The summed E-state index contributed by atoms with van der Waals surface area (Å²) >= 11 is 0. The molecule has 1 atom stereocenters. The highest BCUT2D eigenvalue weighted by Gasteiger charge is 2.25. The Bertz CT molecular complexity index is 400. The number of piperidine rings is 1. The number of nitrogens with two attached hydrogens (primary N) is 1. The van der Waals surface area contributed by atoms with Crippen molar-refractivity contribution in [2.24, 2.45) is 11.7 Å². The number of hydrogen-bond acceptors (Lipinski definition) is 5. The summed E-state index contributed by atoms with van der Waals surface area (Å²) in [6, 6.07) is 0.305. The standard InChI is InChI=1S/C14H26N4O/c1-10(15)11-5-7-18(8-6-11)9-12-16-13(19-17-12)14(2,3)4/h10-11H,5-9,15H2,1-4H3. The van der Waals surface area contributed by atoms with Crippen LogP contribution >= 0.6 is 0 Å². The van der Waals surface area contributed by atoms with E-state index in [1.807, 2.05) is 0 Å². The maximum absolute atomic E-state index is 5.96. The van der Waals surface area contributed by atoms with Gasteiger partial charge in [0.15, 0.2) is 5.82 Å². The lowest BCUT2D eigenvalue weighted by molar-refractivity contribution is 0.161. The van der Waals surface area contributed by atoms with E-state index in [1.165, 1.54) is 12.8 Å². The highest BCUT2D eigenvalue weighted by atomic mass is 16.5. The molecule has 0 amide bonds. The monoisotopic (exact) mass is 266 g/mol. The van der Waals surface area contributed by atoms with E-state index in [4.69, 9.17) is 10.3 Å². The molecule has 0 radical (unpaired) electrons. The highest BCUT2D eigenvalue weighted by molar-refractivity contribution is 4.98. The summed E-state index contributed by atoms with van der Waals surface area (Å²) in [6.07, 6.45) is 2.34. The minimum atomic E-state index is -0.0762. The van der Waals surface area contributed by atoms with Gasteiger partial charge in [-0.15, -0.1) is 0 Å². The smallest absolute Gasteiger partial charge is 0.232 e. The molecule has 1 unspecified atom stereocenters. The number of likely N-dealkylation sites (tertiary alicyclic amines) is 1. The predicted molar refractivity (Wildman–Crippen MR) is 74.6 cm³/mol. The van der Waals surface area contributed by atoms with Crippen molar-refractivity contribution >= 4 is 0 Å². The Morgan fingerprint density at radius 3 is 2.47 bits per heavy atom. The lowest BCUT2D eigenvalue weighted by atomic mass is 9.91. The van der Waals surface area contributed by atoms with Crippen LogP contribution in [0.3, 0.4) is 0 Å². The first-order valence-electron chi connectivity index (χ1n) is 7.17. The Morgan fingerprint density at radius 2 is 2.00 bits per heavy atom. The first kappa shape index (κ1) is 14.5. The van der Waals surface area contributed by atoms with Gasteiger partial charge in [-0.05, 0) is 38.8 Å². The van der Waals surface area contributed by atoms with Crippen molar-refractivity contribution in [3.63, 3.8) is 0 Å². The lowest BCUT2D eigenvalue weighted by Gasteiger charge is -2.32. The summed E-state index contributed by atoms with van der Waals surface area (Å²) in [4.78, 5) is 6.87. The molecular weight excluding hydrogens is 240 g/mol. The molecule has 1 aliphatic rings. The maximum atomic E-state index is 5.96. The van der Waals surface area contributed by atoms with Crippen LogP contribution in [0, 0.1) is 5.92 Å². The molecule has 0 spiro atoms. The van der Waals surface area contributed by atoms with Gasteiger partial charge in [-0.25, -0.2) is 0 Å². The van der Waals surface area contributed by atoms with Crippen molar-refractivity contribution in [3.05, 3.63) is 11.7 Å². The summed E-state index contributed by atoms with van der Waals surface area (Å²) in [5.41, 5.74) is 5.88. The third-order valence-corrected chi connectivity index (χ3v) is 3.85. The molecule has 0 aromatic carbocycles. The van der Waals surface area contributed by atoms with Gasteiger partial charge in [-0.2, -0.15) is 4.98 Å². The molecule has 1 aromatic heterocycles.